The maximum atomic E-state index is 10.9. The zero-order chi connectivity index (χ0) is 24.0. The predicted octanol–water partition coefficient (Wildman–Crippen LogP) is 6.18. The van der Waals surface area contributed by atoms with Gasteiger partial charge in [0.2, 0.25) is 0 Å². The van der Waals surface area contributed by atoms with E-state index in [-0.39, 0.29) is 28.5 Å². The van der Waals surface area contributed by atoms with Gasteiger partial charge in [-0.1, -0.05) is 36.4 Å². The first-order valence-corrected chi connectivity index (χ1v) is 11.6. The maximum absolute atomic E-state index is 10.9. The van der Waals surface area contributed by atoms with Crippen molar-refractivity contribution in [1.29, 1.82) is 0 Å². The fraction of sp³-hybridized carbons (Fsp3) is 0.379. The van der Waals surface area contributed by atoms with E-state index in [0.717, 1.165) is 35.1 Å². The Bertz CT molecular complexity index is 1070. The second-order valence-electron chi connectivity index (χ2n) is 11.0. The summed E-state index contributed by atoms with van der Waals surface area (Å²) in [7, 11) is 0. The van der Waals surface area contributed by atoms with Gasteiger partial charge in [0.15, 0.2) is 0 Å². The fourth-order valence-corrected chi connectivity index (χ4v) is 5.82. The molecule has 0 bridgehead atoms. The van der Waals surface area contributed by atoms with E-state index in [4.69, 9.17) is 0 Å². The van der Waals surface area contributed by atoms with Gasteiger partial charge in [0, 0.05) is 16.5 Å². The third-order valence-corrected chi connectivity index (χ3v) is 7.12. The molecule has 0 atom stereocenters. The topological polar surface area (TPSA) is 72.7 Å². The molecular weight excluding hydrogens is 410 g/mol. The summed E-state index contributed by atoms with van der Waals surface area (Å²) in [6.07, 6.45) is 1.87. The zero-order valence-electron chi connectivity index (χ0n) is 20.2. The Morgan fingerprint density at radius 2 is 1.12 bits per heavy atom. The zero-order valence-corrected chi connectivity index (χ0v) is 20.2. The van der Waals surface area contributed by atoms with E-state index in [2.05, 4.69) is 46.0 Å². The Kier molecular flexibility index (Phi) is 5.69. The average Bonchev–Trinajstić information content (AvgIpc) is 2.72. The van der Waals surface area contributed by atoms with Crippen LogP contribution in [0.1, 0.15) is 75.6 Å². The van der Waals surface area contributed by atoms with Gasteiger partial charge in [-0.05, 0) is 106 Å². The molecular formula is C29H35NO3. The van der Waals surface area contributed by atoms with E-state index in [1.807, 2.05) is 36.4 Å². The van der Waals surface area contributed by atoms with Gasteiger partial charge in [0.05, 0.1) is 0 Å². The van der Waals surface area contributed by atoms with Crippen molar-refractivity contribution >= 4 is 0 Å². The van der Waals surface area contributed by atoms with Crippen LogP contribution in [-0.4, -0.2) is 26.4 Å². The summed E-state index contributed by atoms with van der Waals surface area (Å²) in [5, 5.41) is 34.4. The Labute approximate surface area is 196 Å². The van der Waals surface area contributed by atoms with Gasteiger partial charge in [-0.25, -0.2) is 0 Å². The van der Waals surface area contributed by atoms with Crippen molar-refractivity contribution in [3.63, 3.8) is 0 Å². The minimum atomic E-state index is -0.540. The molecule has 0 amide bonds. The number of piperidine rings is 1. The van der Waals surface area contributed by atoms with Crippen molar-refractivity contribution in [2.45, 2.75) is 69.9 Å². The van der Waals surface area contributed by atoms with Crippen LogP contribution in [0.25, 0.3) is 0 Å². The Morgan fingerprint density at radius 1 is 0.697 bits per heavy atom. The number of nitrogens with one attached hydrogen (secondary N) is 1. The predicted molar refractivity (Wildman–Crippen MR) is 133 cm³/mol. The lowest BCUT2D eigenvalue weighted by Crippen LogP contribution is -2.57. The first-order valence-electron chi connectivity index (χ1n) is 11.6. The first kappa shape index (κ1) is 23.2. The molecule has 4 N–H and O–H groups in total. The second-order valence-corrected chi connectivity index (χ2v) is 11.0. The fourth-order valence-electron chi connectivity index (χ4n) is 5.82. The average molecular weight is 446 g/mol. The smallest absolute Gasteiger partial charge is 0.119 e. The summed E-state index contributed by atoms with van der Waals surface area (Å²) >= 11 is 0. The number of rotatable bonds is 4. The summed E-state index contributed by atoms with van der Waals surface area (Å²) in [6, 6.07) is 20.5. The number of hydrogen-bond donors (Lipinski definition) is 4. The first-order chi connectivity index (χ1) is 15.4. The molecule has 174 valence electrons. The van der Waals surface area contributed by atoms with E-state index in [1.165, 1.54) is 0 Å². The quantitative estimate of drug-likeness (QED) is 0.362. The van der Waals surface area contributed by atoms with Crippen LogP contribution in [-0.2, 0) is 5.41 Å². The van der Waals surface area contributed by atoms with Gasteiger partial charge >= 0.3 is 0 Å². The van der Waals surface area contributed by atoms with E-state index >= 15 is 0 Å². The van der Waals surface area contributed by atoms with Gasteiger partial charge in [0.1, 0.15) is 17.2 Å². The molecule has 0 spiro atoms. The normalized spacial score (nSPS) is 18.2. The number of hydrogen-bond acceptors (Lipinski definition) is 4. The monoisotopic (exact) mass is 445 g/mol. The molecule has 3 aromatic carbocycles. The molecule has 0 unspecified atom stereocenters. The number of aromatic hydroxyl groups is 3. The summed E-state index contributed by atoms with van der Waals surface area (Å²) in [5.74, 6) is 0.992. The van der Waals surface area contributed by atoms with Crippen LogP contribution < -0.4 is 5.32 Å². The molecule has 4 heteroatoms. The van der Waals surface area contributed by atoms with E-state index in [1.54, 1.807) is 24.3 Å². The van der Waals surface area contributed by atoms with Crippen molar-refractivity contribution in [3.8, 4) is 17.2 Å². The van der Waals surface area contributed by atoms with Crippen LogP contribution in [0, 0.1) is 0 Å². The van der Waals surface area contributed by atoms with Gasteiger partial charge in [0.25, 0.3) is 0 Å². The van der Waals surface area contributed by atoms with Gasteiger partial charge in [-0.2, -0.15) is 0 Å². The van der Waals surface area contributed by atoms with Crippen molar-refractivity contribution in [2.75, 3.05) is 0 Å². The summed E-state index contributed by atoms with van der Waals surface area (Å²) in [4.78, 5) is 0. The molecule has 1 fully saturated rings. The molecule has 0 aliphatic carbocycles. The third-order valence-electron chi connectivity index (χ3n) is 7.12. The molecule has 1 saturated heterocycles. The lowest BCUT2D eigenvalue weighted by atomic mass is 9.68. The van der Waals surface area contributed by atoms with Gasteiger partial charge in [-0.3, -0.25) is 0 Å². The standard InChI is InChI=1S/C29H35NO3/c1-27(2)17-19(18-28(3,4)30-27)25-16-22(10-15-26(25)33)29(5,20-6-11-23(31)12-7-20)21-8-13-24(32)14-9-21/h6-16,19,30-33H,17-18H2,1-5H3. The second kappa shape index (κ2) is 8.11. The molecule has 33 heavy (non-hydrogen) atoms. The SMILES string of the molecule is CC1(C)CC(c2cc(C(C)(c3ccc(O)cc3)c3ccc(O)cc3)ccc2O)CC(C)(C)N1. The van der Waals surface area contributed by atoms with Gasteiger partial charge < -0.3 is 20.6 Å². The molecule has 4 nitrogen and oxygen atoms in total. The van der Waals surface area contributed by atoms with Gasteiger partial charge in [-0.15, -0.1) is 0 Å². The summed E-state index contributed by atoms with van der Waals surface area (Å²) in [5.41, 5.74) is 3.46. The third kappa shape index (κ3) is 4.58. The lowest BCUT2D eigenvalue weighted by molar-refractivity contribution is 0.160. The molecule has 0 aromatic heterocycles. The van der Waals surface area contributed by atoms with Crippen LogP contribution >= 0.6 is 0 Å². The highest BCUT2D eigenvalue weighted by Crippen LogP contribution is 2.46. The minimum Gasteiger partial charge on any atom is -0.508 e. The number of phenolic OH excluding ortho intramolecular Hbond substituents is 3. The number of benzene rings is 3. The van der Waals surface area contributed by atoms with E-state index < -0.39 is 5.41 Å². The van der Waals surface area contributed by atoms with Crippen LogP contribution in [0.15, 0.2) is 66.7 Å². The van der Waals surface area contributed by atoms with Crippen LogP contribution in [0.3, 0.4) is 0 Å². The van der Waals surface area contributed by atoms with Crippen molar-refractivity contribution < 1.29 is 15.3 Å². The molecule has 0 radical (unpaired) electrons. The Morgan fingerprint density at radius 3 is 1.58 bits per heavy atom. The van der Waals surface area contributed by atoms with Crippen molar-refractivity contribution in [2.24, 2.45) is 0 Å². The molecule has 3 aromatic rings. The lowest BCUT2D eigenvalue weighted by Gasteiger charge is -2.47. The van der Waals surface area contributed by atoms with Crippen LogP contribution in [0.2, 0.25) is 0 Å². The van der Waals surface area contributed by atoms with Crippen LogP contribution in [0.5, 0.6) is 17.2 Å². The highest BCUT2D eigenvalue weighted by molar-refractivity contribution is 5.54. The Hall–Kier alpha value is -2.98. The van der Waals surface area contributed by atoms with Crippen LogP contribution in [0.4, 0.5) is 0 Å². The largest absolute Gasteiger partial charge is 0.508 e. The van der Waals surface area contributed by atoms with Crippen molar-refractivity contribution in [3.05, 3.63) is 89.0 Å². The molecule has 4 rings (SSSR count). The Balaban J connectivity index is 1.87. The number of phenols is 3. The summed E-state index contributed by atoms with van der Waals surface area (Å²) in [6.45, 7) is 11.0. The highest BCUT2D eigenvalue weighted by atomic mass is 16.3. The molecule has 0 saturated carbocycles. The molecule has 1 aliphatic rings. The van der Waals surface area contributed by atoms with E-state index in [0.29, 0.717) is 5.75 Å². The minimum absolute atomic E-state index is 0.0356. The van der Waals surface area contributed by atoms with Crippen molar-refractivity contribution in [1.82, 2.24) is 5.32 Å². The molecule has 1 aliphatic heterocycles. The summed E-state index contributed by atoms with van der Waals surface area (Å²) < 4.78 is 0. The highest BCUT2D eigenvalue weighted by Gasteiger charge is 2.40. The maximum Gasteiger partial charge on any atom is 0.119 e. The molecule has 1 heterocycles. The van der Waals surface area contributed by atoms with E-state index in [9.17, 15) is 15.3 Å².